The van der Waals surface area contributed by atoms with E-state index in [2.05, 4.69) is 31.9 Å². The minimum absolute atomic E-state index is 0.0988. The molecule has 0 bridgehead atoms. The molecule has 0 saturated carbocycles. The van der Waals surface area contributed by atoms with E-state index >= 15 is 0 Å². The molecular weight excluding hydrogens is 311 g/mol. The molecule has 0 saturated heterocycles. The Morgan fingerprint density at radius 1 is 1.54 bits per heavy atom. The van der Waals surface area contributed by atoms with Crippen molar-refractivity contribution in [3.05, 3.63) is 30.9 Å². The Bertz CT molecular complexity index is 357. The number of halogens is 3. The molecule has 0 amide bonds. The fraction of sp³-hybridized carbons (Fsp3) is 0. The van der Waals surface area contributed by atoms with Crippen molar-refractivity contribution < 1.29 is 9.31 Å². The van der Waals surface area contributed by atoms with Gasteiger partial charge in [0, 0.05) is 0 Å². The van der Waals surface area contributed by atoms with Crippen LogP contribution < -0.4 is 5.73 Å². The number of rotatable bonds is 1. The fourth-order valence-corrected chi connectivity index (χ4v) is 1.64. The van der Waals surface area contributed by atoms with Gasteiger partial charge in [0.15, 0.2) is 0 Å². The minimum Gasteiger partial charge on any atom is -0.392 e. The van der Waals surface area contributed by atoms with Gasteiger partial charge < -0.3 is 5.73 Å². The molecule has 0 fully saturated rings. The highest BCUT2D eigenvalue weighted by Gasteiger charge is 2.22. The largest absolute Gasteiger partial charge is 0.392 e. The summed E-state index contributed by atoms with van der Waals surface area (Å²) in [6.07, 6.45) is 0. The summed E-state index contributed by atoms with van der Waals surface area (Å²) in [5.41, 5.74) is 4.80. The van der Waals surface area contributed by atoms with Crippen molar-refractivity contribution >= 4 is 43.2 Å². The van der Waals surface area contributed by atoms with Crippen molar-refractivity contribution in [3.8, 4) is 0 Å². The molecular formula is C6H3Br2FN2O2. The van der Waals surface area contributed by atoms with E-state index in [4.69, 9.17) is 5.73 Å². The number of hydrogen-bond acceptors (Lipinski definition) is 3. The molecule has 7 heteroatoms. The first-order valence-corrected chi connectivity index (χ1v) is 4.61. The molecule has 1 aromatic carbocycles. The van der Waals surface area contributed by atoms with Crippen LogP contribution in [0, 0.1) is 15.9 Å². The minimum atomic E-state index is -0.743. The third-order valence-corrected chi connectivity index (χ3v) is 2.78. The smallest absolute Gasteiger partial charge is 0.310 e. The molecule has 0 aliphatic carbocycles. The van der Waals surface area contributed by atoms with E-state index in [1.165, 1.54) is 0 Å². The molecule has 4 nitrogen and oxygen atoms in total. The molecule has 1 aromatic rings. The number of anilines is 1. The van der Waals surface area contributed by atoms with Crippen LogP contribution in [0.1, 0.15) is 0 Å². The van der Waals surface area contributed by atoms with Crippen molar-refractivity contribution in [2.45, 2.75) is 0 Å². The van der Waals surface area contributed by atoms with Crippen LogP contribution in [-0.4, -0.2) is 4.92 Å². The lowest BCUT2D eigenvalue weighted by Crippen LogP contribution is -1.99. The van der Waals surface area contributed by atoms with Gasteiger partial charge in [0.25, 0.3) is 0 Å². The second kappa shape index (κ2) is 3.59. The van der Waals surface area contributed by atoms with Crippen LogP contribution in [0.5, 0.6) is 0 Å². The molecule has 13 heavy (non-hydrogen) atoms. The predicted molar refractivity (Wildman–Crippen MR) is 52.9 cm³/mol. The molecule has 70 valence electrons. The zero-order valence-electron chi connectivity index (χ0n) is 6.05. The molecule has 0 aliphatic rings. The maximum atomic E-state index is 12.9. The van der Waals surface area contributed by atoms with E-state index in [1.807, 2.05) is 0 Å². The maximum absolute atomic E-state index is 12.9. The summed E-state index contributed by atoms with van der Waals surface area (Å²) in [6, 6.07) is 1.06. The van der Waals surface area contributed by atoms with Crippen molar-refractivity contribution in [1.29, 1.82) is 0 Å². The topological polar surface area (TPSA) is 69.2 Å². The molecule has 1 rings (SSSR count). The Hall–Kier alpha value is -0.690. The van der Waals surface area contributed by atoms with Crippen molar-refractivity contribution in [2.75, 3.05) is 5.73 Å². The van der Waals surface area contributed by atoms with Crippen molar-refractivity contribution in [2.24, 2.45) is 0 Å². The average molecular weight is 314 g/mol. The lowest BCUT2D eigenvalue weighted by molar-refractivity contribution is -0.384. The zero-order valence-corrected chi connectivity index (χ0v) is 9.22. The first kappa shape index (κ1) is 10.4. The summed E-state index contributed by atoms with van der Waals surface area (Å²) in [5.74, 6) is -0.729. The average Bonchev–Trinajstić information content (AvgIpc) is 2.01. The summed E-state index contributed by atoms with van der Waals surface area (Å²) in [7, 11) is 0. The number of nitrogens with zero attached hydrogens (tertiary/aromatic N) is 1. The highest BCUT2D eigenvalue weighted by atomic mass is 79.9. The van der Waals surface area contributed by atoms with Gasteiger partial charge in [-0.25, -0.2) is 4.39 Å². The number of nitrogens with two attached hydrogens (primary N) is 1. The molecule has 0 heterocycles. The normalized spacial score (nSPS) is 10.1. The second-order valence-electron chi connectivity index (χ2n) is 2.17. The highest BCUT2D eigenvalue weighted by molar-refractivity contribution is 9.11. The molecule has 0 spiro atoms. The van der Waals surface area contributed by atoms with Gasteiger partial charge in [-0.15, -0.1) is 0 Å². The van der Waals surface area contributed by atoms with Crippen LogP contribution in [0.2, 0.25) is 0 Å². The number of nitro benzene ring substituents is 1. The molecule has 0 aliphatic heterocycles. The Morgan fingerprint density at radius 2 is 2.08 bits per heavy atom. The van der Waals surface area contributed by atoms with Crippen LogP contribution in [0.25, 0.3) is 0 Å². The van der Waals surface area contributed by atoms with E-state index < -0.39 is 16.4 Å². The summed E-state index contributed by atoms with van der Waals surface area (Å²) >= 11 is 5.66. The summed E-state index contributed by atoms with van der Waals surface area (Å²) in [4.78, 5) is 9.71. The number of hydrogen-bond donors (Lipinski definition) is 1. The Kier molecular flexibility index (Phi) is 2.87. The Labute approximate surface area is 89.3 Å². The van der Waals surface area contributed by atoms with Crippen LogP contribution in [-0.2, 0) is 0 Å². The quantitative estimate of drug-likeness (QED) is 0.375. The monoisotopic (exact) mass is 312 g/mol. The summed E-state index contributed by atoms with van der Waals surface area (Å²) in [6.45, 7) is 0. The highest BCUT2D eigenvalue weighted by Crippen LogP contribution is 2.38. The van der Waals surface area contributed by atoms with Gasteiger partial charge in [-0.3, -0.25) is 10.1 Å². The lowest BCUT2D eigenvalue weighted by Gasteiger charge is -2.02. The van der Waals surface area contributed by atoms with Crippen LogP contribution in [0.4, 0.5) is 15.8 Å². The molecule has 2 N–H and O–H groups in total. The van der Waals surface area contributed by atoms with E-state index in [-0.39, 0.29) is 14.6 Å². The molecule has 0 atom stereocenters. The van der Waals surface area contributed by atoms with E-state index in [9.17, 15) is 14.5 Å². The number of nitrogen functional groups attached to an aromatic ring is 1. The molecule has 0 unspecified atom stereocenters. The summed E-state index contributed by atoms with van der Waals surface area (Å²) in [5, 5.41) is 10.5. The van der Waals surface area contributed by atoms with Gasteiger partial charge in [-0.05, 0) is 37.9 Å². The molecule has 0 radical (unpaired) electrons. The standard InChI is InChI=1S/C6H3Br2FN2O2/c7-2-1-3(9)4(8)6(5(2)10)11(12)13/h1H,10H2. The lowest BCUT2D eigenvalue weighted by atomic mass is 10.3. The van der Waals surface area contributed by atoms with Gasteiger partial charge in [0.05, 0.1) is 9.40 Å². The Morgan fingerprint density at radius 3 is 2.54 bits per heavy atom. The SMILES string of the molecule is Nc1c(Br)cc(F)c(Br)c1[N+](=O)[O-]. The van der Waals surface area contributed by atoms with Gasteiger partial charge >= 0.3 is 5.69 Å². The number of benzene rings is 1. The Balaban J connectivity index is 3.56. The van der Waals surface area contributed by atoms with Crippen LogP contribution >= 0.6 is 31.9 Å². The third-order valence-electron chi connectivity index (χ3n) is 1.37. The van der Waals surface area contributed by atoms with Gasteiger partial charge in [-0.1, -0.05) is 0 Å². The van der Waals surface area contributed by atoms with Crippen LogP contribution in [0.3, 0.4) is 0 Å². The second-order valence-corrected chi connectivity index (χ2v) is 3.82. The van der Waals surface area contributed by atoms with E-state index in [0.717, 1.165) is 6.07 Å². The van der Waals surface area contributed by atoms with Crippen LogP contribution in [0.15, 0.2) is 15.0 Å². The van der Waals surface area contributed by atoms with E-state index in [0.29, 0.717) is 0 Å². The third kappa shape index (κ3) is 1.80. The number of nitro groups is 1. The zero-order chi connectivity index (χ0) is 10.2. The van der Waals surface area contributed by atoms with Crippen molar-refractivity contribution in [3.63, 3.8) is 0 Å². The molecule has 0 aromatic heterocycles. The van der Waals surface area contributed by atoms with Gasteiger partial charge in [0.2, 0.25) is 0 Å². The predicted octanol–water partition coefficient (Wildman–Crippen LogP) is 2.84. The first-order chi connectivity index (χ1) is 5.95. The van der Waals surface area contributed by atoms with Gasteiger partial charge in [0.1, 0.15) is 16.0 Å². The summed E-state index contributed by atoms with van der Waals surface area (Å²) < 4.78 is 12.9. The van der Waals surface area contributed by atoms with Gasteiger partial charge in [-0.2, -0.15) is 0 Å². The van der Waals surface area contributed by atoms with E-state index in [1.54, 1.807) is 0 Å². The van der Waals surface area contributed by atoms with Crippen molar-refractivity contribution in [1.82, 2.24) is 0 Å². The fourth-order valence-electron chi connectivity index (χ4n) is 0.775. The maximum Gasteiger partial charge on any atom is 0.310 e. The first-order valence-electron chi connectivity index (χ1n) is 3.02.